The standard InChI is InChI=1S/C21H20N2O4/c1-2-27-20(25)18-17(14-9-5-3-6-10-14)16(13-22)21(26,23-19(18)24)15-11-7-4-8-12-15/h3-12,16-18,26H,2H2,1H3,(H,23,24). The number of nitrogens with one attached hydrogen (secondary N) is 1. The molecular weight excluding hydrogens is 344 g/mol. The molecule has 4 atom stereocenters. The Hall–Kier alpha value is -3.17. The topological polar surface area (TPSA) is 99.4 Å². The minimum absolute atomic E-state index is 0.115. The summed E-state index contributed by atoms with van der Waals surface area (Å²) < 4.78 is 5.08. The van der Waals surface area contributed by atoms with Crippen molar-refractivity contribution in [2.24, 2.45) is 11.8 Å². The molecule has 0 radical (unpaired) electrons. The predicted molar refractivity (Wildman–Crippen MR) is 96.9 cm³/mol. The zero-order chi connectivity index (χ0) is 19.4. The lowest BCUT2D eigenvalue weighted by atomic mass is 9.67. The number of nitriles is 1. The van der Waals surface area contributed by atoms with Crippen molar-refractivity contribution in [3.05, 3.63) is 71.8 Å². The van der Waals surface area contributed by atoms with E-state index in [0.29, 0.717) is 11.1 Å². The fourth-order valence-electron chi connectivity index (χ4n) is 3.62. The van der Waals surface area contributed by atoms with Crippen LogP contribution in [-0.2, 0) is 20.1 Å². The predicted octanol–water partition coefficient (Wildman–Crippen LogP) is 2.06. The quantitative estimate of drug-likeness (QED) is 0.639. The number of esters is 1. The molecule has 27 heavy (non-hydrogen) atoms. The minimum Gasteiger partial charge on any atom is -0.465 e. The number of piperidine rings is 1. The van der Waals surface area contributed by atoms with Crippen molar-refractivity contribution in [2.75, 3.05) is 6.61 Å². The summed E-state index contributed by atoms with van der Waals surface area (Å²) in [5.41, 5.74) is -0.921. The van der Waals surface area contributed by atoms with Crippen LogP contribution in [0.4, 0.5) is 0 Å². The van der Waals surface area contributed by atoms with Crippen molar-refractivity contribution in [1.29, 1.82) is 5.26 Å². The van der Waals surface area contributed by atoms with Gasteiger partial charge in [0.25, 0.3) is 0 Å². The van der Waals surface area contributed by atoms with Gasteiger partial charge in [-0.05, 0) is 12.5 Å². The van der Waals surface area contributed by atoms with Crippen molar-refractivity contribution in [3.63, 3.8) is 0 Å². The summed E-state index contributed by atoms with van der Waals surface area (Å²) in [4.78, 5) is 25.4. The Balaban J connectivity index is 2.15. The maximum absolute atomic E-state index is 12.9. The molecule has 6 nitrogen and oxygen atoms in total. The largest absolute Gasteiger partial charge is 0.465 e. The molecule has 0 saturated carbocycles. The van der Waals surface area contributed by atoms with Crippen LogP contribution >= 0.6 is 0 Å². The zero-order valence-corrected chi connectivity index (χ0v) is 14.8. The van der Waals surface area contributed by atoms with Crippen molar-refractivity contribution in [1.82, 2.24) is 5.32 Å². The molecule has 138 valence electrons. The van der Waals surface area contributed by atoms with E-state index in [1.165, 1.54) is 0 Å². The van der Waals surface area contributed by atoms with Crippen LogP contribution in [0.3, 0.4) is 0 Å². The van der Waals surface area contributed by atoms with Gasteiger partial charge >= 0.3 is 5.97 Å². The smallest absolute Gasteiger partial charge is 0.319 e. The van der Waals surface area contributed by atoms with Crippen LogP contribution in [-0.4, -0.2) is 23.6 Å². The molecule has 2 aromatic rings. The molecule has 0 spiro atoms. The number of hydrogen-bond acceptors (Lipinski definition) is 5. The number of carbonyl (C=O) groups is 2. The summed E-state index contributed by atoms with van der Waals surface area (Å²) in [5, 5.41) is 23.7. The number of benzene rings is 2. The van der Waals surface area contributed by atoms with Crippen molar-refractivity contribution < 1.29 is 19.4 Å². The Morgan fingerprint density at radius 1 is 1.19 bits per heavy atom. The monoisotopic (exact) mass is 364 g/mol. The highest BCUT2D eigenvalue weighted by molar-refractivity contribution is 6.00. The second kappa shape index (κ2) is 7.60. The molecule has 6 heteroatoms. The van der Waals surface area contributed by atoms with E-state index >= 15 is 0 Å². The number of rotatable bonds is 4. The van der Waals surface area contributed by atoms with Gasteiger partial charge in [-0.2, -0.15) is 5.26 Å². The number of carbonyl (C=O) groups excluding carboxylic acids is 2. The van der Waals surface area contributed by atoms with E-state index in [9.17, 15) is 20.0 Å². The first-order valence-electron chi connectivity index (χ1n) is 8.74. The molecule has 1 heterocycles. The van der Waals surface area contributed by atoms with E-state index in [-0.39, 0.29) is 6.61 Å². The lowest BCUT2D eigenvalue weighted by molar-refractivity contribution is -0.165. The Morgan fingerprint density at radius 3 is 2.33 bits per heavy atom. The highest BCUT2D eigenvalue weighted by Crippen LogP contribution is 2.45. The summed E-state index contributed by atoms with van der Waals surface area (Å²) >= 11 is 0. The van der Waals surface area contributed by atoms with Gasteiger partial charge in [-0.15, -0.1) is 0 Å². The first-order valence-corrected chi connectivity index (χ1v) is 8.74. The fourth-order valence-corrected chi connectivity index (χ4v) is 3.62. The Kier molecular flexibility index (Phi) is 5.24. The van der Waals surface area contributed by atoms with Crippen LogP contribution in [0.1, 0.15) is 24.0 Å². The highest BCUT2D eigenvalue weighted by Gasteiger charge is 2.56. The number of amides is 1. The van der Waals surface area contributed by atoms with E-state index in [1.54, 1.807) is 67.6 Å². The number of nitrogens with zero attached hydrogens (tertiary/aromatic N) is 1. The molecule has 1 aliphatic rings. The van der Waals surface area contributed by atoms with Gasteiger partial charge in [0.1, 0.15) is 11.8 Å². The van der Waals surface area contributed by atoms with E-state index in [1.807, 2.05) is 0 Å². The average Bonchev–Trinajstić information content (AvgIpc) is 2.69. The molecule has 3 rings (SSSR count). The van der Waals surface area contributed by atoms with Crippen LogP contribution in [0.15, 0.2) is 60.7 Å². The van der Waals surface area contributed by atoms with Crippen molar-refractivity contribution in [2.45, 2.75) is 18.6 Å². The molecule has 1 aliphatic heterocycles. The van der Waals surface area contributed by atoms with Gasteiger partial charge < -0.3 is 15.2 Å². The van der Waals surface area contributed by atoms with Crippen LogP contribution in [0, 0.1) is 23.2 Å². The third-order valence-corrected chi connectivity index (χ3v) is 4.84. The van der Waals surface area contributed by atoms with Gasteiger partial charge in [-0.25, -0.2) is 0 Å². The number of aliphatic hydroxyl groups is 1. The number of ether oxygens (including phenoxy) is 1. The maximum atomic E-state index is 12.9. The Labute approximate surface area is 157 Å². The van der Waals surface area contributed by atoms with Gasteiger partial charge in [0.15, 0.2) is 5.72 Å². The molecule has 2 aromatic carbocycles. The van der Waals surface area contributed by atoms with Gasteiger partial charge in [-0.3, -0.25) is 9.59 Å². The van der Waals surface area contributed by atoms with Crippen LogP contribution in [0.5, 0.6) is 0 Å². The van der Waals surface area contributed by atoms with Gasteiger partial charge in [0, 0.05) is 11.5 Å². The summed E-state index contributed by atoms with van der Waals surface area (Å²) in [6, 6.07) is 19.4. The van der Waals surface area contributed by atoms with E-state index in [0.717, 1.165) is 0 Å². The average molecular weight is 364 g/mol. The maximum Gasteiger partial charge on any atom is 0.319 e. The molecule has 0 bridgehead atoms. The van der Waals surface area contributed by atoms with Crippen molar-refractivity contribution in [3.8, 4) is 6.07 Å². The molecular formula is C21H20N2O4. The minimum atomic E-state index is -1.92. The lowest BCUT2D eigenvalue weighted by Crippen LogP contribution is -2.62. The van der Waals surface area contributed by atoms with Gasteiger partial charge in [0.05, 0.1) is 12.7 Å². The molecule has 1 amide bonds. The molecule has 4 unspecified atom stereocenters. The van der Waals surface area contributed by atoms with E-state index in [2.05, 4.69) is 11.4 Å². The second-order valence-electron chi connectivity index (χ2n) is 6.39. The zero-order valence-electron chi connectivity index (χ0n) is 14.8. The van der Waals surface area contributed by atoms with Crippen LogP contribution in [0.25, 0.3) is 0 Å². The fraction of sp³-hybridized carbons (Fsp3) is 0.286. The van der Waals surface area contributed by atoms with Crippen LogP contribution in [0.2, 0.25) is 0 Å². The third kappa shape index (κ3) is 3.29. The van der Waals surface area contributed by atoms with Gasteiger partial charge in [-0.1, -0.05) is 60.7 Å². The molecule has 1 fully saturated rings. The molecule has 0 aromatic heterocycles. The highest BCUT2D eigenvalue weighted by atomic mass is 16.5. The van der Waals surface area contributed by atoms with E-state index < -0.39 is 35.4 Å². The third-order valence-electron chi connectivity index (χ3n) is 4.84. The first-order chi connectivity index (χ1) is 13.0. The first kappa shape index (κ1) is 18.6. The summed E-state index contributed by atoms with van der Waals surface area (Å²) in [6.45, 7) is 1.77. The number of hydrogen-bond donors (Lipinski definition) is 2. The molecule has 1 saturated heterocycles. The lowest BCUT2D eigenvalue weighted by Gasteiger charge is -2.44. The SMILES string of the molecule is CCOC(=O)C1C(=O)NC(O)(c2ccccc2)C(C#N)C1c1ccccc1. The van der Waals surface area contributed by atoms with Crippen molar-refractivity contribution >= 4 is 11.9 Å². The van der Waals surface area contributed by atoms with Crippen LogP contribution < -0.4 is 5.32 Å². The molecule has 0 aliphatic carbocycles. The summed E-state index contributed by atoms with van der Waals surface area (Å²) in [7, 11) is 0. The normalized spacial score (nSPS) is 27.3. The van der Waals surface area contributed by atoms with Gasteiger partial charge in [0.2, 0.25) is 5.91 Å². The summed E-state index contributed by atoms with van der Waals surface area (Å²) in [5.74, 6) is -4.54. The van der Waals surface area contributed by atoms with E-state index in [4.69, 9.17) is 4.74 Å². The molecule has 2 N–H and O–H groups in total. The summed E-state index contributed by atoms with van der Waals surface area (Å²) in [6.07, 6.45) is 0. The Morgan fingerprint density at radius 2 is 1.78 bits per heavy atom. The Bertz CT molecular complexity index is 863. The second-order valence-corrected chi connectivity index (χ2v) is 6.39.